The van der Waals surface area contributed by atoms with Gasteiger partial charge in [0.2, 0.25) is 17.8 Å². The monoisotopic (exact) mass is 406 g/mol. The summed E-state index contributed by atoms with van der Waals surface area (Å²) in [5.74, 6) is 1.96. The smallest absolute Gasteiger partial charge is 0.233 e. The molecular formula is C19H27ClN6O2. The van der Waals surface area contributed by atoms with E-state index in [2.05, 4.69) is 57.1 Å². The maximum absolute atomic E-state index is 5.46. The molecule has 1 aromatic heterocycles. The molecular weight excluding hydrogens is 380 g/mol. The Morgan fingerprint density at radius 3 is 1.68 bits per heavy atom. The predicted molar refractivity (Wildman–Crippen MR) is 112 cm³/mol. The van der Waals surface area contributed by atoms with Gasteiger partial charge in [0.1, 0.15) is 0 Å². The van der Waals surface area contributed by atoms with Crippen LogP contribution >= 0.6 is 12.4 Å². The Balaban J connectivity index is 0.00000225. The number of aryl methyl sites for hydroxylation is 2. The van der Waals surface area contributed by atoms with Gasteiger partial charge in [0, 0.05) is 31.9 Å². The van der Waals surface area contributed by atoms with Gasteiger partial charge < -0.3 is 24.6 Å². The van der Waals surface area contributed by atoms with Crippen molar-refractivity contribution < 1.29 is 9.47 Å². The van der Waals surface area contributed by atoms with Crippen LogP contribution in [0.5, 0.6) is 0 Å². The molecule has 1 aromatic carbocycles. The van der Waals surface area contributed by atoms with Crippen LogP contribution in [0.3, 0.4) is 0 Å². The highest BCUT2D eigenvalue weighted by Crippen LogP contribution is 2.22. The van der Waals surface area contributed by atoms with Gasteiger partial charge in [-0.2, -0.15) is 15.0 Å². The third-order valence-electron chi connectivity index (χ3n) is 4.68. The number of halogens is 1. The molecule has 0 spiro atoms. The molecule has 152 valence electrons. The van der Waals surface area contributed by atoms with E-state index in [0.29, 0.717) is 44.3 Å². The van der Waals surface area contributed by atoms with Crippen molar-refractivity contribution in [1.29, 1.82) is 0 Å². The molecule has 4 rings (SSSR count). The van der Waals surface area contributed by atoms with Crippen LogP contribution in [-0.4, -0.2) is 67.6 Å². The van der Waals surface area contributed by atoms with E-state index in [0.717, 1.165) is 31.9 Å². The minimum absolute atomic E-state index is 0. The normalized spacial score (nSPS) is 17.2. The highest BCUT2D eigenvalue weighted by Gasteiger charge is 2.20. The topological polar surface area (TPSA) is 75.6 Å². The predicted octanol–water partition coefficient (Wildman–Crippen LogP) is 2.33. The summed E-state index contributed by atoms with van der Waals surface area (Å²) in [6, 6.07) is 6.34. The molecule has 0 amide bonds. The van der Waals surface area contributed by atoms with E-state index in [1.54, 1.807) is 0 Å². The van der Waals surface area contributed by atoms with Crippen molar-refractivity contribution in [3.8, 4) is 0 Å². The van der Waals surface area contributed by atoms with Gasteiger partial charge in [-0.05, 0) is 37.1 Å². The van der Waals surface area contributed by atoms with Crippen molar-refractivity contribution in [3.05, 3.63) is 29.3 Å². The summed E-state index contributed by atoms with van der Waals surface area (Å²) in [4.78, 5) is 18.4. The minimum atomic E-state index is 0. The van der Waals surface area contributed by atoms with Crippen LogP contribution in [0, 0.1) is 13.8 Å². The first kappa shape index (κ1) is 20.6. The third kappa shape index (κ3) is 5.01. The number of rotatable bonds is 4. The standard InChI is InChI=1S/C19H26N6O2.ClH/c1-14-11-15(2)13-16(12-14)20-17-21-18(24-3-7-26-8-4-24)23-19(22-17)25-5-9-27-10-6-25;/h11-13H,3-10H2,1-2H3,(H,20,21,22,23);1H. The molecule has 2 aliphatic rings. The first-order valence-corrected chi connectivity index (χ1v) is 9.44. The fourth-order valence-electron chi connectivity index (χ4n) is 3.40. The molecule has 9 heteroatoms. The van der Waals surface area contributed by atoms with Crippen LogP contribution in [0.1, 0.15) is 11.1 Å². The lowest BCUT2D eigenvalue weighted by Gasteiger charge is -2.30. The largest absolute Gasteiger partial charge is 0.378 e. The van der Waals surface area contributed by atoms with E-state index in [1.165, 1.54) is 11.1 Å². The van der Waals surface area contributed by atoms with E-state index < -0.39 is 0 Å². The summed E-state index contributed by atoms with van der Waals surface area (Å²) < 4.78 is 10.9. The van der Waals surface area contributed by atoms with E-state index in [1.807, 2.05) is 0 Å². The molecule has 2 saturated heterocycles. The summed E-state index contributed by atoms with van der Waals surface area (Å²) in [7, 11) is 0. The van der Waals surface area contributed by atoms with Crippen molar-refractivity contribution in [2.45, 2.75) is 13.8 Å². The number of nitrogens with zero attached hydrogens (tertiary/aromatic N) is 5. The van der Waals surface area contributed by atoms with Crippen LogP contribution in [0.15, 0.2) is 18.2 Å². The molecule has 0 radical (unpaired) electrons. The lowest BCUT2D eigenvalue weighted by molar-refractivity contribution is 0.121. The van der Waals surface area contributed by atoms with E-state index in [-0.39, 0.29) is 12.4 Å². The third-order valence-corrected chi connectivity index (χ3v) is 4.68. The van der Waals surface area contributed by atoms with Crippen molar-refractivity contribution in [3.63, 3.8) is 0 Å². The van der Waals surface area contributed by atoms with Crippen LogP contribution in [-0.2, 0) is 9.47 Å². The number of aromatic nitrogens is 3. The van der Waals surface area contributed by atoms with E-state index in [4.69, 9.17) is 14.5 Å². The highest BCUT2D eigenvalue weighted by molar-refractivity contribution is 5.85. The molecule has 0 unspecified atom stereocenters. The second kappa shape index (κ2) is 9.36. The van der Waals surface area contributed by atoms with Crippen molar-refractivity contribution >= 4 is 35.9 Å². The van der Waals surface area contributed by atoms with Crippen LogP contribution in [0.2, 0.25) is 0 Å². The number of hydrogen-bond donors (Lipinski definition) is 1. The Morgan fingerprint density at radius 2 is 1.21 bits per heavy atom. The molecule has 2 aliphatic heterocycles. The quantitative estimate of drug-likeness (QED) is 0.829. The van der Waals surface area contributed by atoms with Gasteiger partial charge in [-0.25, -0.2) is 0 Å². The summed E-state index contributed by atoms with van der Waals surface area (Å²) in [5.41, 5.74) is 3.39. The van der Waals surface area contributed by atoms with Gasteiger partial charge in [-0.1, -0.05) is 6.07 Å². The van der Waals surface area contributed by atoms with Crippen molar-refractivity contribution in [2.75, 3.05) is 67.7 Å². The maximum atomic E-state index is 5.46. The number of nitrogens with one attached hydrogen (secondary N) is 1. The first-order chi connectivity index (χ1) is 13.2. The Bertz CT molecular complexity index is 737. The average Bonchev–Trinajstić information content (AvgIpc) is 2.68. The van der Waals surface area contributed by atoms with E-state index in [9.17, 15) is 0 Å². The maximum Gasteiger partial charge on any atom is 0.233 e. The summed E-state index contributed by atoms with van der Waals surface area (Å²) in [6.45, 7) is 10.1. The van der Waals surface area contributed by atoms with Gasteiger partial charge >= 0.3 is 0 Å². The van der Waals surface area contributed by atoms with Crippen LogP contribution in [0.25, 0.3) is 0 Å². The summed E-state index contributed by atoms with van der Waals surface area (Å²) >= 11 is 0. The van der Waals surface area contributed by atoms with Gasteiger partial charge in [0.25, 0.3) is 0 Å². The Hall–Kier alpha value is -2.16. The molecule has 2 aromatic rings. The minimum Gasteiger partial charge on any atom is -0.378 e. The van der Waals surface area contributed by atoms with Crippen molar-refractivity contribution in [2.24, 2.45) is 0 Å². The molecule has 8 nitrogen and oxygen atoms in total. The van der Waals surface area contributed by atoms with E-state index >= 15 is 0 Å². The summed E-state index contributed by atoms with van der Waals surface area (Å²) in [5, 5.41) is 3.37. The van der Waals surface area contributed by atoms with Crippen LogP contribution in [0.4, 0.5) is 23.5 Å². The Morgan fingerprint density at radius 1 is 0.750 bits per heavy atom. The molecule has 0 aliphatic carbocycles. The fourth-order valence-corrected chi connectivity index (χ4v) is 3.40. The SMILES string of the molecule is Cc1cc(C)cc(Nc2nc(N3CCOCC3)nc(N3CCOCC3)n2)c1.Cl. The zero-order valence-corrected chi connectivity index (χ0v) is 17.2. The van der Waals surface area contributed by atoms with Gasteiger partial charge in [-0.15, -0.1) is 12.4 Å². The summed E-state index contributed by atoms with van der Waals surface area (Å²) in [6.07, 6.45) is 0. The highest BCUT2D eigenvalue weighted by atomic mass is 35.5. The lowest BCUT2D eigenvalue weighted by Crippen LogP contribution is -2.40. The lowest BCUT2D eigenvalue weighted by atomic mass is 10.1. The van der Waals surface area contributed by atoms with Crippen LogP contribution < -0.4 is 15.1 Å². The van der Waals surface area contributed by atoms with Crippen molar-refractivity contribution in [1.82, 2.24) is 15.0 Å². The second-order valence-electron chi connectivity index (χ2n) is 6.96. The fraction of sp³-hybridized carbons (Fsp3) is 0.526. The molecule has 2 fully saturated rings. The molecule has 0 bridgehead atoms. The zero-order valence-electron chi connectivity index (χ0n) is 16.3. The van der Waals surface area contributed by atoms with Gasteiger partial charge in [0.05, 0.1) is 26.4 Å². The number of morpholine rings is 2. The van der Waals surface area contributed by atoms with Gasteiger partial charge in [-0.3, -0.25) is 0 Å². The zero-order chi connectivity index (χ0) is 18.6. The first-order valence-electron chi connectivity index (χ1n) is 9.44. The number of anilines is 4. The Labute approximate surface area is 171 Å². The molecule has 1 N–H and O–H groups in total. The molecule has 0 saturated carbocycles. The number of benzene rings is 1. The molecule has 3 heterocycles. The Kier molecular flexibility index (Phi) is 6.88. The number of hydrogen-bond acceptors (Lipinski definition) is 8. The average molecular weight is 407 g/mol. The second-order valence-corrected chi connectivity index (χ2v) is 6.96. The molecule has 0 atom stereocenters. The van der Waals surface area contributed by atoms with Gasteiger partial charge in [0.15, 0.2) is 0 Å². The molecule has 28 heavy (non-hydrogen) atoms. The number of ether oxygens (including phenoxy) is 2.